The van der Waals surface area contributed by atoms with Crippen LogP contribution in [-0.4, -0.2) is 17.4 Å². The Hall–Kier alpha value is -1.33. The maximum atomic E-state index is 12.2. The predicted molar refractivity (Wildman–Crippen MR) is 87.3 cm³/mol. The number of hydrogen-bond acceptors (Lipinski definition) is 4. The third-order valence-corrected chi connectivity index (χ3v) is 3.70. The number of anilines is 1. The minimum absolute atomic E-state index is 0.0566. The molecule has 1 aromatic heterocycles. The summed E-state index contributed by atoms with van der Waals surface area (Å²) in [6, 6.07) is 3.22. The van der Waals surface area contributed by atoms with Gasteiger partial charge in [-0.15, -0.1) is 0 Å². The lowest BCUT2D eigenvalue weighted by molar-refractivity contribution is 0.0929. The van der Waals surface area contributed by atoms with Crippen LogP contribution in [0.3, 0.4) is 0 Å². The van der Waals surface area contributed by atoms with E-state index in [4.69, 9.17) is 17.4 Å². The number of unbranched alkanes of at least 4 members (excludes halogenated alkanes) is 2. The Kier molecular flexibility index (Phi) is 6.92. The summed E-state index contributed by atoms with van der Waals surface area (Å²) in [6.07, 6.45) is 4.66. The van der Waals surface area contributed by atoms with Crippen molar-refractivity contribution < 1.29 is 4.79 Å². The fourth-order valence-electron chi connectivity index (χ4n) is 2.03. The smallest absolute Gasteiger partial charge is 0.271 e. The average molecular weight is 313 g/mol. The first kappa shape index (κ1) is 17.7. The van der Waals surface area contributed by atoms with E-state index in [1.807, 2.05) is 0 Å². The average Bonchev–Trinajstić information content (AvgIpc) is 2.45. The molecule has 0 aliphatic rings. The molecule has 0 aliphatic heterocycles. The van der Waals surface area contributed by atoms with Crippen LogP contribution in [0.4, 0.5) is 5.82 Å². The van der Waals surface area contributed by atoms with Gasteiger partial charge in [-0.1, -0.05) is 51.6 Å². The molecule has 21 heavy (non-hydrogen) atoms. The zero-order chi connectivity index (χ0) is 15.9. The lowest BCUT2D eigenvalue weighted by Gasteiger charge is -2.25. The van der Waals surface area contributed by atoms with Crippen LogP contribution in [0.2, 0.25) is 5.02 Å². The Morgan fingerprint density at radius 2 is 2.10 bits per heavy atom. The Labute approximate surface area is 131 Å². The second kappa shape index (κ2) is 8.20. The molecule has 0 bridgehead atoms. The largest absolute Gasteiger partial charge is 0.350 e. The second-order valence-corrected chi connectivity index (χ2v) is 6.38. The number of hydrogen-bond donors (Lipinski definition) is 3. The Morgan fingerprint density at radius 1 is 1.38 bits per heavy atom. The third-order valence-electron chi connectivity index (χ3n) is 3.39. The van der Waals surface area contributed by atoms with Gasteiger partial charge in [0.1, 0.15) is 11.5 Å². The number of aromatic nitrogens is 1. The minimum atomic E-state index is -0.277. The number of halogens is 1. The number of nitrogens with one attached hydrogen (secondary N) is 2. The molecular weight excluding hydrogens is 288 g/mol. The minimum Gasteiger partial charge on any atom is -0.350 e. The van der Waals surface area contributed by atoms with Crippen LogP contribution in [0.25, 0.3) is 0 Å². The summed E-state index contributed by atoms with van der Waals surface area (Å²) in [7, 11) is 0. The van der Waals surface area contributed by atoms with Crippen molar-refractivity contribution in [2.24, 2.45) is 11.3 Å². The Balaban J connectivity index is 2.61. The molecule has 4 N–H and O–H groups in total. The molecule has 0 aromatic carbocycles. The molecular formula is C15H25ClN4O. The molecule has 5 nitrogen and oxygen atoms in total. The molecule has 1 rings (SSSR count). The van der Waals surface area contributed by atoms with Crippen LogP contribution >= 0.6 is 11.6 Å². The topological polar surface area (TPSA) is 80.0 Å². The standard InChI is InChI=1S/C15H25ClN4O/c1-4-5-6-9-15(2,3)10-18-14(21)13-11(16)7-8-12(19-13)20-17/h7-8H,4-6,9-10,17H2,1-3H3,(H,18,21)(H,19,20). The highest BCUT2D eigenvalue weighted by Crippen LogP contribution is 2.23. The monoisotopic (exact) mass is 312 g/mol. The maximum absolute atomic E-state index is 12.2. The summed E-state index contributed by atoms with van der Waals surface area (Å²) < 4.78 is 0. The van der Waals surface area contributed by atoms with Gasteiger partial charge in [-0.05, 0) is 24.0 Å². The highest BCUT2D eigenvalue weighted by atomic mass is 35.5. The number of amides is 1. The quantitative estimate of drug-likeness (QED) is 0.390. The van der Waals surface area contributed by atoms with Crippen LogP contribution in [0.1, 0.15) is 56.9 Å². The van der Waals surface area contributed by atoms with Crippen molar-refractivity contribution in [3.05, 3.63) is 22.8 Å². The summed E-state index contributed by atoms with van der Waals surface area (Å²) in [5.41, 5.74) is 2.65. The van der Waals surface area contributed by atoms with Crippen LogP contribution in [0.5, 0.6) is 0 Å². The van der Waals surface area contributed by atoms with E-state index in [2.05, 4.69) is 36.5 Å². The van der Waals surface area contributed by atoms with Crippen molar-refractivity contribution in [3.8, 4) is 0 Å². The van der Waals surface area contributed by atoms with E-state index < -0.39 is 0 Å². The fourth-order valence-corrected chi connectivity index (χ4v) is 2.22. The number of pyridine rings is 1. The Morgan fingerprint density at radius 3 is 2.71 bits per heavy atom. The maximum Gasteiger partial charge on any atom is 0.271 e. The van der Waals surface area contributed by atoms with Gasteiger partial charge in [0.05, 0.1) is 5.02 Å². The molecule has 0 spiro atoms. The van der Waals surface area contributed by atoms with Gasteiger partial charge >= 0.3 is 0 Å². The summed E-state index contributed by atoms with van der Waals surface area (Å²) in [5, 5.41) is 3.22. The van der Waals surface area contributed by atoms with Gasteiger partial charge in [0, 0.05) is 6.54 Å². The highest BCUT2D eigenvalue weighted by molar-refractivity contribution is 6.33. The van der Waals surface area contributed by atoms with Crippen LogP contribution < -0.4 is 16.6 Å². The van der Waals surface area contributed by atoms with Crippen LogP contribution in [-0.2, 0) is 0 Å². The molecule has 0 atom stereocenters. The Bertz CT molecular complexity index is 477. The third kappa shape index (κ3) is 5.89. The fraction of sp³-hybridized carbons (Fsp3) is 0.600. The van der Waals surface area contributed by atoms with E-state index in [1.54, 1.807) is 12.1 Å². The number of carbonyl (C=O) groups is 1. The zero-order valence-electron chi connectivity index (χ0n) is 13.0. The molecule has 0 aliphatic carbocycles. The van der Waals surface area contributed by atoms with Gasteiger partial charge < -0.3 is 10.7 Å². The summed E-state index contributed by atoms with van der Waals surface area (Å²) in [5.74, 6) is 5.42. The van der Waals surface area contributed by atoms with Gasteiger partial charge in [-0.25, -0.2) is 10.8 Å². The summed E-state index contributed by atoms with van der Waals surface area (Å²) >= 11 is 6.01. The second-order valence-electron chi connectivity index (χ2n) is 5.98. The zero-order valence-corrected chi connectivity index (χ0v) is 13.8. The van der Waals surface area contributed by atoms with Gasteiger partial charge in [0.15, 0.2) is 0 Å². The van der Waals surface area contributed by atoms with Crippen LogP contribution in [0, 0.1) is 5.41 Å². The van der Waals surface area contributed by atoms with Gasteiger partial charge in [0.25, 0.3) is 5.91 Å². The first-order chi connectivity index (χ1) is 9.89. The van der Waals surface area contributed by atoms with Crippen molar-refractivity contribution in [2.45, 2.75) is 46.5 Å². The molecule has 6 heteroatoms. The molecule has 0 fully saturated rings. The van der Waals surface area contributed by atoms with Gasteiger partial charge in [0.2, 0.25) is 0 Å². The van der Waals surface area contributed by atoms with E-state index in [0.29, 0.717) is 17.4 Å². The molecule has 1 heterocycles. The first-order valence-electron chi connectivity index (χ1n) is 7.31. The van der Waals surface area contributed by atoms with Crippen molar-refractivity contribution in [3.63, 3.8) is 0 Å². The van der Waals surface area contributed by atoms with E-state index in [9.17, 15) is 4.79 Å². The molecule has 118 valence electrons. The van der Waals surface area contributed by atoms with E-state index in [0.717, 1.165) is 6.42 Å². The molecule has 0 saturated heterocycles. The molecule has 0 radical (unpaired) electrons. The lowest BCUT2D eigenvalue weighted by Crippen LogP contribution is -2.34. The van der Waals surface area contributed by atoms with Crippen molar-refractivity contribution in [2.75, 3.05) is 12.0 Å². The van der Waals surface area contributed by atoms with E-state index >= 15 is 0 Å². The number of hydrazine groups is 1. The van der Waals surface area contributed by atoms with E-state index in [1.165, 1.54) is 19.3 Å². The predicted octanol–water partition coefficient (Wildman–Crippen LogP) is 3.36. The van der Waals surface area contributed by atoms with Crippen molar-refractivity contribution in [1.82, 2.24) is 10.3 Å². The number of carbonyl (C=O) groups excluding carboxylic acids is 1. The molecule has 0 saturated carbocycles. The summed E-state index contributed by atoms with van der Waals surface area (Å²) in [4.78, 5) is 16.3. The highest BCUT2D eigenvalue weighted by Gasteiger charge is 2.20. The SMILES string of the molecule is CCCCCC(C)(C)CNC(=O)c1nc(NN)ccc1Cl. The van der Waals surface area contributed by atoms with Crippen molar-refractivity contribution in [1.29, 1.82) is 0 Å². The lowest BCUT2D eigenvalue weighted by atomic mass is 9.87. The molecule has 1 aromatic rings. The number of nitrogens with zero attached hydrogens (tertiary/aromatic N) is 1. The normalized spacial score (nSPS) is 11.3. The first-order valence-corrected chi connectivity index (χ1v) is 7.69. The van der Waals surface area contributed by atoms with E-state index in [-0.39, 0.29) is 17.0 Å². The number of nitrogens with two attached hydrogens (primary N) is 1. The van der Waals surface area contributed by atoms with Crippen molar-refractivity contribution >= 4 is 23.3 Å². The number of nitrogen functional groups attached to an aromatic ring is 1. The molecule has 0 unspecified atom stereocenters. The van der Waals surface area contributed by atoms with Crippen LogP contribution in [0.15, 0.2) is 12.1 Å². The number of rotatable bonds is 8. The van der Waals surface area contributed by atoms with Gasteiger partial charge in [-0.3, -0.25) is 4.79 Å². The summed E-state index contributed by atoms with van der Waals surface area (Å²) in [6.45, 7) is 7.07. The van der Waals surface area contributed by atoms with Gasteiger partial charge in [-0.2, -0.15) is 0 Å². The molecule has 1 amide bonds.